The van der Waals surface area contributed by atoms with Crippen molar-refractivity contribution in [1.29, 1.82) is 0 Å². The number of phenols is 1. The van der Waals surface area contributed by atoms with E-state index in [9.17, 15) is 9.90 Å². The topological polar surface area (TPSA) is 64.0 Å². The van der Waals surface area contributed by atoms with Crippen LogP contribution in [-0.2, 0) is 4.79 Å². The number of carbonyl (C=O) groups excluding carboxylic acids is 1. The molecule has 5 nitrogen and oxygen atoms in total. The van der Waals surface area contributed by atoms with E-state index < -0.39 is 0 Å². The molecule has 0 radical (unpaired) electrons. The number of phenolic OH excluding ortho intramolecular Hbond substituents is 1. The first-order valence-electron chi connectivity index (χ1n) is 5.20. The number of aliphatic hydroxyl groups is 1. The predicted molar refractivity (Wildman–Crippen MR) is 58.9 cm³/mol. The van der Waals surface area contributed by atoms with Gasteiger partial charge in [-0.25, -0.2) is 10.0 Å². The zero-order chi connectivity index (χ0) is 11.5. The predicted octanol–water partition coefficient (Wildman–Crippen LogP) is 0.338. The highest BCUT2D eigenvalue weighted by molar-refractivity contribution is 5.94. The van der Waals surface area contributed by atoms with Crippen LogP contribution in [0.3, 0.4) is 0 Å². The Kier molecular flexibility index (Phi) is 3.07. The van der Waals surface area contributed by atoms with E-state index in [0.717, 1.165) is 0 Å². The molecule has 1 aliphatic rings. The second-order valence-corrected chi connectivity index (χ2v) is 3.65. The summed E-state index contributed by atoms with van der Waals surface area (Å²) >= 11 is 0. The summed E-state index contributed by atoms with van der Waals surface area (Å²) in [6.45, 7) is 1.03. The highest BCUT2D eigenvalue weighted by Crippen LogP contribution is 2.25. The molecule has 1 aliphatic heterocycles. The molecular formula is C11H14N2O3. The summed E-state index contributed by atoms with van der Waals surface area (Å²) in [5.74, 6) is 0.111. The van der Waals surface area contributed by atoms with Gasteiger partial charge in [-0.05, 0) is 12.1 Å². The van der Waals surface area contributed by atoms with Crippen molar-refractivity contribution in [3.8, 4) is 5.75 Å². The molecule has 0 aliphatic carbocycles. The van der Waals surface area contributed by atoms with Crippen molar-refractivity contribution < 1.29 is 15.0 Å². The number of aromatic hydroxyl groups is 1. The lowest BCUT2D eigenvalue weighted by Gasteiger charge is -2.27. The van der Waals surface area contributed by atoms with E-state index in [4.69, 9.17) is 5.11 Å². The van der Waals surface area contributed by atoms with Gasteiger partial charge in [0.25, 0.3) is 0 Å². The lowest BCUT2D eigenvalue weighted by Crippen LogP contribution is -2.40. The quantitative estimate of drug-likeness (QED) is 0.774. The molecule has 16 heavy (non-hydrogen) atoms. The number of β-amino-alcohol motifs (C(OH)–C–C–N with tert-alkyl or cyclic N) is 1. The number of benzene rings is 1. The zero-order valence-corrected chi connectivity index (χ0v) is 8.83. The van der Waals surface area contributed by atoms with Gasteiger partial charge in [0.2, 0.25) is 5.91 Å². The van der Waals surface area contributed by atoms with E-state index in [1.807, 2.05) is 0 Å². The van der Waals surface area contributed by atoms with Crippen LogP contribution in [0.4, 0.5) is 5.69 Å². The Hall–Kier alpha value is -1.59. The molecule has 1 saturated heterocycles. The molecule has 1 aromatic rings. The van der Waals surface area contributed by atoms with E-state index in [-0.39, 0.29) is 18.3 Å². The molecule has 0 atom stereocenters. The summed E-state index contributed by atoms with van der Waals surface area (Å²) in [5, 5.41) is 21.6. The van der Waals surface area contributed by atoms with Crippen molar-refractivity contribution in [2.24, 2.45) is 0 Å². The number of anilines is 1. The fraction of sp³-hybridized carbons (Fsp3) is 0.364. The Balaban J connectivity index is 2.26. The Morgan fingerprint density at radius 3 is 2.88 bits per heavy atom. The van der Waals surface area contributed by atoms with Crippen LogP contribution in [0.2, 0.25) is 0 Å². The number of hydrogen-bond donors (Lipinski definition) is 2. The van der Waals surface area contributed by atoms with E-state index in [0.29, 0.717) is 25.2 Å². The van der Waals surface area contributed by atoms with E-state index in [1.165, 1.54) is 11.1 Å². The molecule has 1 aromatic carbocycles. The summed E-state index contributed by atoms with van der Waals surface area (Å²) in [6, 6.07) is 6.54. The van der Waals surface area contributed by atoms with Gasteiger partial charge in [-0.1, -0.05) is 6.07 Å². The van der Waals surface area contributed by atoms with Crippen molar-refractivity contribution in [1.82, 2.24) is 5.01 Å². The first-order valence-corrected chi connectivity index (χ1v) is 5.20. The third-order valence-corrected chi connectivity index (χ3v) is 2.54. The molecule has 0 bridgehead atoms. The van der Waals surface area contributed by atoms with Gasteiger partial charge in [0.05, 0.1) is 12.3 Å². The third-order valence-electron chi connectivity index (χ3n) is 2.54. The van der Waals surface area contributed by atoms with Crippen molar-refractivity contribution in [2.45, 2.75) is 6.42 Å². The monoisotopic (exact) mass is 222 g/mol. The van der Waals surface area contributed by atoms with Crippen LogP contribution < -0.4 is 5.01 Å². The number of carbonyl (C=O) groups is 1. The smallest absolute Gasteiger partial charge is 0.242 e. The molecule has 1 heterocycles. The second-order valence-electron chi connectivity index (χ2n) is 3.65. The van der Waals surface area contributed by atoms with Crippen molar-refractivity contribution >= 4 is 11.6 Å². The number of amides is 1. The number of hydrazine groups is 1. The maximum atomic E-state index is 11.7. The normalized spacial score (nSPS) is 17.1. The van der Waals surface area contributed by atoms with Gasteiger partial charge < -0.3 is 10.2 Å². The maximum absolute atomic E-state index is 11.7. The van der Waals surface area contributed by atoms with Crippen molar-refractivity contribution in [2.75, 3.05) is 24.7 Å². The molecule has 86 valence electrons. The fourth-order valence-electron chi connectivity index (χ4n) is 1.85. The minimum atomic E-state index is -0.0148. The fourth-order valence-corrected chi connectivity index (χ4v) is 1.85. The molecule has 2 N–H and O–H groups in total. The molecule has 5 heteroatoms. The maximum Gasteiger partial charge on any atom is 0.242 e. The summed E-state index contributed by atoms with van der Waals surface area (Å²) in [4.78, 5) is 11.7. The van der Waals surface area contributed by atoms with Crippen LogP contribution in [-0.4, -0.2) is 40.8 Å². The van der Waals surface area contributed by atoms with Gasteiger partial charge in [0.1, 0.15) is 5.75 Å². The van der Waals surface area contributed by atoms with Gasteiger partial charge in [0, 0.05) is 25.6 Å². The van der Waals surface area contributed by atoms with Crippen LogP contribution in [0.5, 0.6) is 5.75 Å². The van der Waals surface area contributed by atoms with Crippen molar-refractivity contribution in [3.63, 3.8) is 0 Å². The highest BCUT2D eigenvalue weighted by atomic mass is 16.3. The standard InChI is InChI=1S/C11H14N2O3/c14-7-6-12-5-4-11(16)13(12)9-2-1-3-10(15)8-9/h1-3,8,14-15H,4-7H2. The van der Waals surface area contributed by atoms with Gasteiger partial charge in [-0.2, -0.15) is 0 Å². The van der Waals surface area contributed by atoms with Crippen molar-refractivity contribution in [3.05, 3.63) is 24.3 Å². The lowest BCUT2D eigenvalue weighted by molar-refractivity contribution is -0.118. The van der Waals surface area contributed by atoms with Crippen LogP contribution in [0.15, 0.2) is 24.3 Å². The van der Waals surface area contributed by atoms with E-state index in [1.54, 1.807) is 23.2 Å². The molecule has 0 aromatic heterocycles. The summed E-state index contributed by atoms with van der Waals surface area (Å²) in [5.41, 5.74) is 0.635. The molecule has 0 spiro atoms. The second kappa shape index (κ2) is 4.51. The largest absolute Gasteiger partial charge is 0.508 e. The minimum absolute atomic E-state index is 0.00258. The Bertz CT molecular complexity index is 395. The minimum Gasteiger partial charge on any atom is -0.508 e. The molecule has 1 amide bonds. The van der Waals surface area contributed by atoms with E-state index >= 15 is 0 Å². The summed E-state index contributed by atoms with van der Waals surface area (Å²) in [7, 11) is 0. The lowest BCUT2D eigenvalue weighted by atomic mass is 10.3. The van der Waals surface area contributed by atoms with Gasteiger partial charge >= 0.3 is 0 Å². The van der Waals surface area contributed by atoms with Crippen LogP contribution in [0, 0.1) is 0 Å². The SMILES string of the molecule is O=C1CCN(CCO)N1c1cccc(O)c1. The number of hydrogen-bond acceptors (Lipinski definition) is 4. The van der Waals surface area contributed by atoms with Gasteiger partial charge in [-0.3, -0.25) is 4.79 Å². The molecular weight excluding hydrogens is 208 g/mol. The summed E-state index contributed by atoms with van der Waals surface area (Å²) in [6.07, 6.45) is 0.440. The third kappa shape index (κ3) is 2.00. The molecule has 1 fully saturated rings. The number of aliphatic hydroxyl groups excluding tert-OH is 1. The van der Waals surface area contributed by atoms with E-state index in [2.05, 4.69) is 0 Å². The number of rotatable bonds is 3. The first-order chi connectivity index (χ1) is 7.72. The average Bonchev–Trinajstić information content (AvgIpc) is 2.60. The van der Waals surface area contributed by atoms with Gasteiger partial charge in [0.15, 0.2) is 0 Å². The molecule has 0 unspecified atom stereocenters. The Labute approximate surface area is 93.5 Å². The zero-order valence-electron chi connectivity index (χ0n) is 8.83. The first kappa shape index (κ1) is 10.9. The molecule has 0 saturated carbocycles. The summed E-state index contributed by atoms with van der Waals surface area (Å²) < 4.78 is 0. The van der Waals surface area contributed by atoms with Crippen LogP contribution in [0.25, 0.3) is 0 Å². The number of nitrogens with zero attached hydrogens (tertiary/aromatic N) is 2. The van der Waals surface area contributed by atoms with Crippen LogP contribution >= 0.6 is 0 Å². The average molecular weight is 222 g/mol. The highest BCUT2D eigenvalue weighted by Gasteiger charge is 2.29. The van der Waals surface area contributed by atoms with Gasteiger partial charge in [-0.15, -0.1) is 0 Å². The Morgan fingerprint density at radius 2 is 2.19 bits per heavy atom. The molecule has 2 rings (SSSR count). The Morgan fingerprint density at radius 1 is 1.38 bits per heavy atom. The van der Waals surface area contributed by atoms with Crippen LogP contribution in [0.1, 0.15) is 6.42 Å².